The summed E-state index contributed by atoms with van der Waals surface area (Å²) in [7, 11) is 1.90. The second-order valence-electron chi connectivity index (χ2n) is 4.21. The average molecular weight is 230 g/mol. The largest absolute Gasteiger partial charge is 0.367 e. The molecule has 0 radical (unpaired) electrons. The second kappa shape index (κ2) is 5.50. The summed E-state index contributed by atoms with van der Waals surface area (Å²) in [6.07, 6.45) is 2.78. The van der Waals surface area contributed by atoms with Gasteiger partial charge in [-0.25, -0.2) is 0 Å². The van der Waals surface area contributed by atoms with E-state index in [2.05, 4.69) is 22.5 Å². The van der Waals surface area contributed by atoms with Crippen LogP contribution in [0.2, 0.25) is 0 Å². The lowest BCUT2D eigenvalue weighted by Crippen LogP contribution is -2.31. The minimum atomic E-state index is 0.0967. The highest BCUT2D eigenvalue weighted by Gasteiger charge is 2.04. The molecule has 0 saturated carbocycles. The van der Waals surface area contributed by atoms with Crippen molar-refractivity contribution in [1.82, 2.24) is 9.78 Å². The van der Waals surface area contributed by atoms with Gasteiger partial charge in [0.2, 0.25) is 0 Å². The van der Waals surface area contributed by atoms with Crippen LogP contribution in [0.3, 0.4) is 0 Å². The maximum Gasteiger partial charge on any atom is 0.148 e. The monoisotopic (exact) mass is 230 g/mol. The smallest absolute Gasteiger partial charge is 0.148 e. The van der Waals surface area contributed by atoms with Gasteiger partial charge in [-0.3, -0.25) is 4.68 Å². The van der Waals surface area contributed by atoms with E-state index in [1.807, 2.05) is 37.5 Å². The Morgan fingerprint density at radius 3 is 2.71 bits per heavy atom. The summed E-state index contributed by atoms with van der Waals surface area (Å²) in [4.78, 5) is 0. The number of nitrogens with zero attached hydrogens (tertiary/aromatic N) is 2. The number of rotatable bonds is 5. The molecule has 0 unspecified atom stereocenters. The molecule has 0 fully saturated rings. The maximum atomic E-state index is 6.06. The number of hydrogen-bond donors (Lipinski definition) is 2. The van der Waals surface area contributed by atoms with Gasteiger partial charge in [-0.05, 0) is 12.0 Å². The molecule has 4 nitrogen and oxygen atoms in total. The number of aryl methyl sites for hydroxylation is 1. The molecule has 17 heavy (non-hydrogen) atoms. The predicted molar refractivity (Wildman–Crippen MR) is 69.8 cm³/mol. The summed E-state index contributed by atoms with van der Waals surface area (Å²) >= 11 is 0. The third-order valence-corrected chi connectivity index (χ3v) is 2.60. The van der Waals surface area contributed by atoms with Gasteiger partial charge in [-0.15, -0.1) is 0 Å². The normalized spacial score (nSPS) is 12.4. The Morgan fingerprint density at radius 1 is 1.29 bits per heavy atom. The highest BCUT2D eigenvalue weighted by atomic mass is 15.3. The molecule has 1 aromatic heterocycles. The lowest BCUT2D eigenvalue weighted by atomic mass is 10.1. The van der Waals surface area contributed by atoms with Crippen molar-refractivity contribution in [3.05, 3.63) is 48.2 Å². The number of nitrogens with two attached hydrogens (primary N) is 1. The Kier molecular flexibility index (Phi) is 3.77. The van der Waals surface area contributed by atoms with Gasteiger partial charge in [0.05, 0.1) is 0 Å². The fraction of sp³-hybridized carbons (Fsp3) is 0.308. The fourth-order valence-corrected chi connectivity index (χ4v) is 1.73. The number of nitrogens with one attached hydrogen (secondary N) is 1. The number of aromatic nitrogens is 2. The van der Waals surface area contributed by atoms with Crippen LogP contribution in [-0.2, 0) is 13.5 Å². The molecule has 0 aliphatic carbocycles. The van der Waals surface area contributed by atoms with Crippen LogP contribution in [0, 0.1) is 0 Å². The summed E-state index contributed by atoms with van der Waals surface area (Å²) in [5, 5.41) is 7.47. The van der Waals surface area contributed by atoms with E-state index in [0.717, 1.165) is 18.8 Å². The lowest BCUT2D eigenvalue weighted by molar-refractivity contribution is 0.693. The van der Waals surface area contributed by atoms with Gasteiger partial charge in [0.1, 0.15) is 5.82 Å². The molecule has 1 aromatic carbocycles. The minimum absolute atomic E-state index is 0.0967. The average Bonchev–Trinajstić information content (AvgIpc) is 2.74. The molecule has 0 aliphatic rings. The van der Waals surface area contributed by atoms with Gasteiger partial charge in [0.25, 0.3) is 0 Å². The Labute approximate surface area is 101 Å². The third kappa shape index (κ3) is 3.60. The van der Waals surface area contributed by atoms with Gasteiger partial charge < -0.3 is 11.1 Å². The Bertz CT molecular complexity index is 449. The summed E-state index contributed by atoms with van der Waals surface area (Å²) in [5.41, 5.74) is 7.33. The quantitative estimate of drug-likeness (QED) is 0.816. The van der Waals surface area contributed by atoms with Crippen LogP contribution in [0.5, 0.6) is 0 Å². The lowest BCUT2D eigenvalue weighted by Gasteiger charge is -2.12. The molecule has 1 atom stereocenters. The van der Waals surface area contributed by atoms with Gasteiger partial charge >= 0.3 is 0 Å². The highest BCUT2D eigenvalue weighted by molar-refractivity contribution is 5.32. The molecule has 0 aliphatic heterocycles. The number of hydrogen-bond acceptors (Lipinski definition) is 3. The van der Waals surface area contributed by atoms with Crippen LogP contribution in [-0.4, -0.2) is 22.4 Å². The highest BCUT2D eigenvalue weighted by Crippen LogP contribution is 2.04. The van der Waals surface area contributed by atoms with E-state index in [-0.39, 0.29) is 6.04 Å². The molecular weight excluding hydrogens is 212 g/mol. The van der Waals surface area contributed by atoms with Crippen LogP contribution >= 0.6 is 0 Å². The van der Waals surface area contributed by atoms with Crippen molar-refractivity contribution in [1.29, 1.82) is 0 Å². The van der Waals surface area contributed by atoms with E-state index in [0.29, 0.717) is 0 Å². The first-order chi connectivity index (χ1) is 8.24. The maximum absolute atomic E-state index is 6.06. The summed E-state index contributed by atoms with van der Waals surface area (Å²) < 4.78 is 1.77. The van der Waals surface area contributed by atoms with Crippen LogP contribution in [0.15, 0.2) is 42.6 Å². The Hall–Kier alpha value is -1.81. The Balaban J connectivity index is 1.80. The molecule has 2 rings (SSSR count). The van der Waals surface area contributed by atoms with Crippen LogP contribution in [0.25, 0.3) is 0 Å². The topological polar surface area (TPSA) is 55.9 Å². The van der Waals surface area contributed by atoms with Gasteiger partial charge in [-0.1, -0.05) is 30.3 Å². The Morgan fingerprint density at radius 2 is 2.06 bits per heavy atom. The van der Waals surface area contributed by atoms with Gasteiger partial charge in [-0.2, -0.15) is 5.10 Å². The molecule has 1 heterocycles. The van der Waals surface area contributed by atoms with E-state index in [9.17, 15) is 0 Å². The van der Waals surface area contributed by atoms with E-state index < -0.39 is 0 Å². The molecule has 90 valence electrons. The number of benzene rings is 1. The zero-order valence-corrected chi connectivity index (χ0v) is 10.0. The zero-order chi connectivity index (χ0) is 12.1. The standard InChI is InChI=1S/C13H18N4/c1-17-8-7-13(16-17)15-10-12(14)9-11-5-3-2-4-6-11/h2-8,12H,9-10,14H2,1H3,(H,15,16)/t12-/m0/s1. The first-order valence-electron chi connectivity index (χ1n) is 5.77. The molecular formula is C13H18N4. The molecule has 2 aromatic rings. The first kappa shape index (κ1) is 11.7. The molecule has 3 N–H and O–H groups in total. The SMILES string of the molecule is Cn1ccc(NC[C@@H](N)Cc2ccccc2)n1. The second-order valence-corrected chi connectivity index (χ2v) is 4.21. The van der Waals surface area contributed by atoms with Crippen LogP contribution in [0.4, 0.5) is 5.82 Å². The first-order valence-corrected chi connectivity index (χ1v) is 5.77. The summed E-state index contributed by atoms with van der Waals surface area (Å²) in [5.74, 6) is 0.871. The van der Waals surface area contributed by atoms with Gasteiger partial charge in [0.15, 0.2) is 0 Å². The van der Waals surface area contributed by atoms with Crippen molar-refractivity contribution in [2.24, 2.45) is 12.8 Å². The van der Waals surface area contributed by atoms with E-state index in [1.165, 1.54) is 5.56 Å². The van der Waals surface area contributed by atoms with Crippen molar-refractivity contribution >= 4 is 5.82 Å². The van der Waals surface area contributed by atoms with Crippen molar-refractivity contribution in [2.75, 3.05) is 11.9 Å². The third-order valence-electron chi connectivity index (χ3n) is 2.60. The van der Waals surface area contributed by atoms with Crippen molar-refractivity contribution in [3.63, 3.8) is 0 Å². The zero-order valence-electron chi connectivity index (χ0n) is 10.0. The molecule has 0 bridgehead atoms. The van der Waals surface area contributed by atoms with Crippen molar-refractivity contribution in [2.45, 2.75) is 12.5 Å². The minimum Gasteiger partial charge on any atom is -0.367 e. The van der Waals surface area contributed by atoms with Crippen LogP contribution < -0.4 is 11.1 Å². The predicted octanol–water partition coefficient (Wildman–Crippen LogP) is 1.40. The van der Waals surface area contributed by atoms with Gasteiger partial charge in [0, 0.05) is 31.9 Å². The summed E-state index contributed by atoms with van der Waals surface area (Å²) in [6.45, 7) is 0.728. The molecule has 0 saturated heterocycles. The summed E-state index contributed by atoms with van der Waals surface area (Å²) in [6, 6.07) is 12.3. The molecule has 0 amide bonds. The van der Waals surface area contributed by atoms with Crippen LogP contribution in [0.1, 0.15) is 5.56 Å². The molecule has 0 spiro atoms. The molecule has 4 heteroatoms. The van der Waals surface area contributed by atoms with E-state index in [4.69, 9.17) is 5.73 Å². The van der Waals surface area contributed by atoms with E-state index >= 15 is 0 Å². The number of anilines is 1. The van der Waals surface area contributed by atoms with Crippen molar-refractivity contribution < 1.29 is 0 Å². The fourth-order valence-electron chi connectivity index (χ4n) is 1.73. The van der Waals surface area contributed by atoms with Crippen molar-refractivity contribution in [3.8, 4) is 0 Å². The van der Waals surface area contributed by atoms with E-state index in [1.54, 1.807) is 4.68 Å².